The van der Waals surface area contributed by atoms with Gasteiger partial charge in [0.15, 0.2) is 11.5 Å². The van der Waals surface area contributed by atoms with Crippen LogP contribution in [0.15, 0.2) is 53.0 Å². The van der Waals surface area contributed by atoms with Gasteiger partial charge in [0, 0.05) is 11.0 Å². The number of halogens is 1. The van der Waals surface area contributed by atoms with Crippen molar-refractivity contribution in [3.8, 4) is 11.5 Å². The smallest absolute Gasteiger partial charge is 0.341 e. The van der Waals surface area contributed by atoms with E-state index >= 15 is 0 Å². The molecule has 0 unspecified atom stereocenters. The summed E-state index contributed by atoms with van der Waals surface area (Å²) in [5.74, 6) is 0.441. The van der Waals surface area contributed by atoms with Crippen molar-refractivity contribution < 1.29 is 23.8 Å². The van der Waals surface area contributed by atoms with Crippen LogP contribution in [-0.4, -0.2) is 25.6 Å². The van der Waals surface area contributed by atoms with Crippen molar-refractivity contribution >= 4 is 50.2 Å². The summed E-state index contributed by atoms with van der Waals surface area (Å²) < 4.78 is 17.5. The third-order valence-corrected chi connectivity index (χ3v) is 7.59. The summed E-state index contributed by atoms with van der Waals surface area (Å²) in [4.78, 5) is 26.6. The molecule has 0 saturated carbocycles. The fraction of sp³-hybridized carbons (Fsp3) is 0.286. The third-order valence-electron chi connectivity index (χ3n) is 5.79. The second kappa shape index (κ2) is 12.2. The highest BCUT2D eigenvalue weighted by Crippen LogP contribution is 2.39. The van der Waals surface area contributed by atoms with Gasteiger partial charge < -0.3 is 19.5 Å². The predicted molar refractivity (Wildman–Crippen MR) is 146 cm³/mol. The van der Waals surface area contributed by atoms with Crippen molar-refractivity contribution in [3.05, 3.63) is 80.1 Å². The molecule has 0 atom stereocenters. The second-order valence-corrected chi connectivity index (χ2v) is 10.2. The lowest BCUT2D eigenvalue weighted by Crippen LogP contribution is -2.14. The number of methoxy groups -OCH3 is 1. The van der Waals surface area contributed by atoms with E-state index < -0.39 is 0 Å². The number of fused-ring (bicyclic) bond motifs is 1. The Kier molecular flexibility index (Phi) is 8.83. The molecule has 0 aliphatic heterocycles. The zero-order chi connectivity index (χ0) is 25.5. The molecule has 0 radical (unpaired) electrons. The second-order valence-electron chi connectivity index (χ2n) is 8.27. The van der Waals surface area contributed by atoms with Crippen LogP contribution in [-0.2, 0) is 29.0 Å². The van der Waals surface area contributed by atoms with Crippen molar-refractivity contribution in [1.29, 1.82) is 0 Å². The molecule has 0 bridgehead atoms. The van der Waals surface area contributed by atoms with Gasteiger partial charge in [-0.25, -0.2) is 4.79 Å². The molecule has 2 aromatic carbocycles. The van der Waals surface area contributed by atoms with Crippen molar-refractivity contribution in [2.24, 2.45) is 0 Å². The Morgan fingerprint density at radius 2 is 1.92 bits per heavy atom. The minimum Gasteiger partial charge on any atom is -0.493 e. The number of hydrogen-bond donors (Lipinski definition) is 1. The third kappa shape index (κ3) is 6.17. The minimum atomic E-state index is -0.379. The van der Waals surface area contributed by atoms with Crippen molar-refractivity contribution in [2.45, 2.75) is 39.2 Å². The van der Waals surface area contributed by atoms with Crippen LogP contribution in [0.5, 0.6) is 11.5 Å². The predicted octanol–water partition coefficient (Wildman–Crippen LogP) is 6.81. The largest absolute Gasteiger partial charge is 0.493 e. The standard InChI is InChI=1S/C28H28BrNO5S/c1-3-34-28(32)25-20-11-7-8-12-23(20)36-27(25)30-24(31)14-13-19-15-21(29)26(22(16-19)33-2)35-17-18-9-5-4-6-10-18/h4-6,9-10,13-16H,3,7-8,11-12,17H2,1-2H3,(H,30,31)/b14-13+. The summed E-state index contributed by atoms with van der Waals surface area (Å²) in [5, 5.41) is 3.45. The van der Waals surface area contributed by atoms with E-state index in [0.29, 0.717) is 39.8 Å². The van der Waals surface area contributed by atoms with Gasteiger partial charge in [-0.1, -0.05) is 30.3 Å². The maximum Gasteiger partial charge on any atom is 0.341 e. The first-order chi connectivity index (χ1) is 17.5. The molecule has 0 spiro atoms. The molecule has 1 aromatic heterocycles. The van der Waals surface area contributed by atoms with Gasteiger partial charge in [0.25, 0.3) is 0 Å². The Morgan fingerprint density at radius 1 is 1.14 bits per heavy atom. The number of benzene rings is 2. The average Bonchev–Trinajstić information content (AvgIpc) is 3.25. The van der Waals surface area contributed by atoms with Crippen LogP contribution in [0, 0.1) is 0 Å². The maximum atomic E-state index is 12.8. The monoisotopic (exact) mass is 569 g/mol. The van der Waals surface area contributed by atoms with Crippen LogP contribution in [0.2, 0.25) is 0 Å². The Balaban J connectivity index is 1.49. The molecule has 6 nitrogen and oxygen atoms in total. The van der Waals surface area contributed by atoms with E-state index in [1.807, 2.05) is 42.5 Å². The van der Waals surface area contributed by atoms with Crippen LogP contribution in [0.3, 0.4) is 0 Å². The quantitative estimate of drug-likeness (QED) is 0.226. The van der Waals surface area contributed by atoms with Crippen molar-refractivity contribution in [2.75, 3.05) is 19.0 Å². The Bertz CT molecular complexity index is 1270. The number of aryl methyl sites for hydroxylation is 1. The van der Waals surface area contributed by atoms with Gasteiger partial charge in [0.2, 0.25) is 5.91 Å². The molecule has 1 heterocycles. The van der Waals surface area contributed by atoms with E-state index in [1.165, 1.54) is 17.4 Å². The van der Waals surface area contributed by atoms with Crippen LogP contribution >= 0.6 is 27.3 Å². The number of carbonyl (C=O) groups excluding carboxylic acids is 2. The minimum absolute atomic E-state index is 0.290. The summed E-state index contributed by atoms with van der Waals surface area (Å²) in [7, 11) is 1.58. The molecule has 0 fully saturated rings. The molecule has 3 aromatic rings. The van der Waals surface area contributed by atoms with Crippen LogP contribution < -0.4 is 14.8 Å². The Labute approximate surface area is 223 Å². The lowest BCUT2D eigenvalue weighted by atomic mass is 9.95. The maximum absolute atomic E-state index is 12.8. The number of hydrogen-bond acceptors (Lipinski definition) is 6. The van der Waals surface area contributed by atoms with Crippen LogP contribution in [0.25, 0.3) is 6.08 Å². The Hall–Kier alpha value is -3.10. The molecular weight excluding hydrogens is 542 g/mol. The van der Waals surface area contributed by atoms with E-state index in [0.717, 1.165) is 47.3 Å². The average molecular weight is 571 g/mol. The van der Waals surface area contributed by atoms with E-state index in [9.17, 15) is 9.59 Å². The number of esters is 1. The highest BCUT2D eigenvalue weighted by atomic mass is 79.9. The first kappa shape index (κ1) is 26.0. The summed E-state index contributed by atoms with van der Waals surface area (Å²) in [6.07, 6.45) is 7.01. The highest BCUT2D eigenvalue weighted by molar-refractivity contribution is 9.10. The fourth-order valence-corrected chi connectivity index (χ4v) is 5.96. The molecule has 0 saturated heterocycles. The van der Waals surface area contributed by atoms with Crippen LogP contribution in [0.1, 0.15) is 51.7 Å². The van der Waals surface area contributed by atoms with Crippen molar-refractivity contribution in [1.82, 2.24) is 0 Å². The lowest BCUT2D eigenvalue weighted by Gasteiger charge is -2.13. The van der Waals surface area contributed by atoms with Crippen LogP contribution in [0.4, 0.5) is 5.00 Å². The summed E-state index contributed by atoms with van der Waals surface area (Å²) in [6, 6.07) is 13.5. The van der Waals surface area contributed by atoms with Crippen molar-refractivity contribution in [3.63, 3.8) is 0 Å². The van der Waals surface area contributed by atoms with E-state index in [-0.39, 0.29) is 11.9 Å². The first-order valence-electron chi connectivity index (χ1n) is 11.8. The van der Waals surface area contributed by atoms with Gasteiger partial charge in [-0.05, 0) is 83.4 Å². The van der Waals surface area contributed by atoms with Gasteiger partial charge in [-0.3, -0.25) is 4.79 Å². The number of ether oxygens (including phenoxy) is 3. The number of rotatable bonds is 9. The lowest BCUT2D eigenvalue weighted by molar-refractivity contribution is -0.111. The number of anilines is 1. The number of carbonyl (C=O) groups is 2. The molecule has 188 valence electrons. The molecule has 4 rings (SSSR count). The SMILES string of the molecule is CCOC(=O)c1c(NC(=O)/C=C/c2cc(Br)c(OCc3ccccc3)c(OC)c2)sc2c1CCCC2. The molecule has 1 amide bonds. The van der Waals surface area contributed by atoms with Gasteiger partial charge in [-0.2, -0.15) is 0 Å². The van der Waals surface area contributed by atoms with Gasteiger partial charge in [0.1, 0.15) is 11.6 Å². The van der Waals surface area contributed by atoms with Gasteiger partial charge >= 0.3 is 5.97 Å². The summed E-state index contributed by atoms with van der Waals surface area (Å²) in [6.45, 7) is 2.47. The molecule has 8 heteroatoms. The first-order valence-corrected chi connectivity index (χ1v) is 13.5. The number of amides is 1. The Morgan fingerprint density at radius 3 is 2.67 bits per heavy atom. The summed E-state index contributed by atoms with van der Waals surface area (Å²) in [5.41, 5.74) is 3.33. The number of thiophene rings is 1. The summed E-state index contributed by atoms with van der Waals surface area (Å²) >= 11 is 5.03. The highest BCUT2D eigenvalue weighted by Gasteiger charge is 2.27. The zero-order valence-corrected chi connectivity index (χ0v) is 22.7. The molecule has 1 aliphatic carbocycles. The molecule has 1 aliphatic rings. The molecule has 36 heavy (non-hydrogen) atoms. The topological polar surface area (TPSA) is 73.9 Å². The van der Waals surface area contributed by atoms with E-state index in [4.69, 9.17) is 14.2 Å². The van der Waals surface area contributed by atoms with Gasteiger partial charge in [0.05, 0.1) is 23.8 Å². The normalized spacial score (nSPS) is 12.8. The zero-order valence-electron chi connectivity index (χ0n) is 20.3. The molecule has 1 N–H and O–H groups in total. The fourth-order valence-electron chi connectivity index (χ4n) is 4.10. The van der Waals surface area contributed by atoms with Gasteiger partial charge in [-0.15, -0.1) is 11.3 Å². The van der Waals surface area contributed by atoms with E-state index in [2.05, 4.69) is 21.2 Å². The number of nitrogens with one attached hydrogen (secondary N) is 1. The molecular formula is C28H28BrNO5S. The van der Waals surface area contributed by atoms with E-state index in [1.54, 1.807) is 20.1 Å².